The van der Waals surface area contributed by atoms with Crippen LogP contribution in [0.2, 0.25) is 0 Å². The maximum atomic E-state index is 12.3. The predicted molar refractivity (Wildman–Crippen MR) is 96.8 cm³/mol. The van der Waals surface area contributed by atoms with Crippen molar-refractivity contribution in [1.82, 2.24) is 9.55 Å². The predicted octanol–water partition coefficient (Wildman–Crippen LogP) is 3.80. The number of nitro groups is 1. The van der Waals surface area contributed by atoms with Crippen LogP contribution in [-0.2, 0) is 11.3 Å². The molecule has 0 aliphatic carbocycles. The topological polar surface area (TPSA) is 90.1 Å². The van der Waals surface area contributed by atoms with Crippen molar-refractivity contribution in [3.63, 3.8) is 0 Å². The van der Waals surface area contributed by atoms with Gasteiger partial charge in [0.1, 0.15) is 6.54 Å². The summed E-state index contributed by atoms with van der Waals surface area (Å²) in [4.78, 5) is 27.0. The van der Waals surface area contributed by atoms with E-state index in [4.69, 9.17) is 0 Å². The Bertz CT molecular complexity index is 1120. The first-order valence-corrected chi connectivity index (χ1v) is 8.30. The average Bonchev–Trinajstić information content (AvgIpc) is 3.17. The lowest BCUT2D eigenvalue weighted by Gasteiger charge is -2.05. The molecule has 2 aromatic heterocycles. The van der Waals surface area contributed by atoms with Gasteiger partial charge in [0, 0.05) is 23.8 Å². The van der Waals surface area contributed by atoms with E-state index in [1.165, 1.54) is 23.5 Å². The Morgan fingerprint density at radius 2 is 2.08 bits per heavy atom. The molecular formula is C17H12N4O3S. The van der Waals surface area contributed by atoms with Gasteiger partial charge in [-0.15, -0.1) is 0 Å². The summed E-state index contributed by atoms with van der Waals surface area (Å²) >= 11 is 1.22. The first-order chi connectivity index (χ1) is 12.1. The smallest absolute Gasteiger partial charge is 0.270 e. The van der Waals surface area contributed by atoms with Gasteiger partial charge < -0.3 is 9.88 Å². The van der Waals surface area contributed by atoms with E-state index in [1.54, 1.807) is 6.07 Å². The monoisotopic (exact) mass is 352 g/mol. The number of carbonyl (C=O) groups is 1. The summed E-state index contributed by atoms with van der Waals surface area (Å²) in [6.45, 7) is 0.170. The van der Waals surface area contributed by atoms with E-state index in [9.17, 15) is 14.9 Å². The number of non-ortho nitro benzene ring substituents is 1. The molecule has 0 atom stereocenters. The Balaban J connectivity index is 1.54. The van der Waals surface area contributed by atoms with E-state index in [1.807, 2.05) is 41.1 Å². The standard InChI is InChI=1S/C17H12N4O3S/c22-16(10-20-8-7-11-3-1-2-4-14(11)20)19-17-18-13-6-5-12(21(23)24)9-15(13)25-17/h1-9H,10H2,(H,18,19,22). The van der Waals surface area contributed by atoms with Gasteiger partial charge in [0.15, 0.2) is 5.13 Å². The Morgan fingerprint density at radius 3 is 2.92 bits per heavy atom. The molecule has 2 aromatic carbocycles. The van der Waals surface area contributed by atoms with Crippen molar-refractivity contribution in [1.29, 1.82) is 0 Å². The molecule has 4 rings (SSSR count). The summed E-state index contributed by atoms with van der Waals surface area (Å²) in [6.07, 6.45) is 1.87. The van der Waals surface area contributed by atoms with Gasteiger partial charge in [-0.05, 0) is 23.6 Å². The minimum Gasteiger partial charge on any atom is -0.338 e. The van der Waals surface area contributed by atoms with Crippen LogP contribution in [0.5, 0.6) is 0 Å². The number of carbonyl (C=O) groups excluding carboxylic acids is 1. The zero-order chi connectivity index (χ0) is 17.4. The number of thiazole rings is 1. The van der Waals surface area contributed by atoms with Crippen LogP contribution >= 0.6 is 11.3 Å². The molecule has 4 aromatic rings. The minimum absolute atomic E-state index is 0.00726. The van der Waals surface area contributed by atoms with E-state index in [2.05, 4.69) is 10.3 Å². The highest BCUT2D eigenvalue weighted by Gasteiger charge is 2.12. The van der Waals surface area contributed by atoms with Crippen LogP contribution < -0.4 is 5.32 Å². The van der Waals surface area contributed by atoms with Gasteiger partial charge in [-0.3, -0.25) is 14.9 Å². The van der Waals surface area contributed by atoms with Crippen molar-refractivity contribution in [2.75, 3.05) is 5.32 Å². The number of rotatable bonds is 4. The van der Waals surface area contributed by atoms with Gasteiger partial charge in [0.05, 0.1) is 15.1 Å². The van der Waals surface area contributed by atoms with Crippen molar-refractivity contribution < 1.29 is 9.72 Å². The van der Waals surface area contributed by atoms with Crippen LogP contribution in [0.4, 0.5) is 10.8 Å². The molecule has 124 valence electrons. The molecule has 0 fully saturated rings. The molecule has 0 saturated heterocycles. The molecule has 1 N–H and O–H groups in total. The van der Waals surface area contributed by atoms with Gasteiger partial charge in [0.25, 0.3) is 5.69 Å². The fraction of sp³-hybridized carbons (Fsp3) is 0.0588. The third-order valence-corrected chi connectivity index (χ3v) is 4.76. The van der Waals surface area contributed by atoms with Gasteiger partial charge in [-0.1, -0.05) is 29.5 Å². The van der Waals surface area contributed by atoms with Crippen LogP contribution in [0.1, 0.15) is 0 Å². The summed E-state index contributed by atoms with van der Waals surface area (Å²) in [5.41, 5.74) is 1.61. The summed E-state index contributed by atoms with van der Waals surface area (Å²) in [7, 11) is 0. The lowest BCUT2D eigenvalue weighted by molar-refractivity contribution is -0.384. The number of nitro benzene ring substituents is 1. The molecular weight excluding hydrogens is 340 g/mol. The summed E-state index contributed by atoms with van der Waals surface area (Å²) in [5.74, 6) is -0.199. The van der Waals surface area contributed by atoms with E-state index in [0.29, 0.717) is 15.3 Å². The van der Waals surface area contributed by atoms with Gasteiger partial charge >= 0.3 is 0 Å². The molecule has 0 aliphatic rings. The molecule has 8 heteroatoms. The number of para-hydroxylation sites is 1. The number of benzene rings is 2. The van der Waals surface area contributed by atoms with E-state index >= 15 is 0 Å². The summed E-state index contributed by atoms with van der Waals surface area (Å²) in [5, 5.41) is 15.1. The molecule has 2 heterocycles. The number of nitrogens with one attached hydrogen (secondary N) is 1. The highest BCUT2D eigenvalue weighted by molar-refractivity contribution is 7.22. The zero-order valence-corrected chi connectivity index (χ0v) is 13.7. The molecule has 0 bridgehead atoms. The first-order valence-electron chi connectivity index (χ1n) is 7.49. The van der Waals surface area contributed by atoms with Crippen molar-refractivity contribution in [3.8, 4) is 0 Å². The fourth-order valence-corrected chi connectivity index (χ4v) is 3.59. The maximum Gasteiger partial charge on any atom is 0.270 e. The van der Waals surface area contributed by atoms with E-state index in [-0.39, 0.29) is 18.1 Å². The van der Waals surface area contributed by atoms with Crippen molar-refractivity contribution in [2.24, 2.45) is 0 Å². The third-order valence-electron chi connectivity index (χ3n) is 3.82. The van der Waals surface area contributed by atoms with Crippen LogP contribution in [0, 0.1) is 10.1 Å². The van der Waals surface area contributed by atoms with Gasteiger partial charge in [-0.25, -0.2) is 4.98 Å². The van der Waals surface area contributed by atoms with E-state index < -0.39 is 4.92 Å². The lowest BCUT2D eigenvalue weighted by atomic mass is 10.2. The Labute approximate surface area is 145 Å². The quantitative estimate of drug-likeness (QED) is 0.447. The summed E-state index contributed by atoms with van der Waals surface area (Å²) < 4.78 is 2.53. The number of amides is 1. The van der Waals surface area contributed by atoms with Gasteiger partial charge in [-0.2, -0.15) is 0 Å². The Hall–Kier alpha value is -3.26. The molecule has 0 unspecified atom stereocenters. The number of nitrogens with zero attached hydrogens (tertiary/aromatic N) is 3. The number of fused-ring (bicyclic) bond motifs is 2. The minimum atomic E-state index is -0.450. The molecule has 0 saturated carbocycles. The summed E-state index contributed by atoms with van der Waals surface area (Å²) in [6, 6.07) is 14.2. The molecule has 0 aliphatic heterocycles. The normalized spacial score (nSPS) is 11.0. The number of anilines is 1. The maximum absolute atomic E-state index is 12.3. The molecule has 25 heavy (non-hydrogen) atoms. The Morgan fingerprint density at radius 1 is 1.24 bits per heavy atom. The highest BCUT2D eigenvalue weighted by Crippen LogP contribution is 2.29. The Kier molecular flexibility index (Phi) is 3.66. The van der Waals surface area contributed by atoms with Crippen LogP contribution in [0.15, 0.2) is 54.7 Å². The second-order valence-electron chi connectivity index (χ2n) is 5.48. The molecule has 0 spiro atoms. The van der Waals surface area contributed by atoms with Crippen LogP contribution in [-0.4, -0.2) is 20.4 Å². The second-order valence-corrected chi connectivity index (χ2v) is 6.51. The largest absolute Gasteiger partial charge is 0.338 e. The number of hydrogen-bond acceptors (Lipinski definition) is 5. The van der Waals surface area contributed by atoms with Gasteiger partial charge in [0.2, 0.25) is 5.91 Å². The highest BCUT2D eigenvalue weighted by atomic mass is 32.1. The fourth-order valence-electron chi connectivity index (χ4n) is 2.67. The average molecular weight is 352 g/mol. The SMILES string of the molecule is O=C(Cn1ccc2ccccc21)Nc1nc2ccc([N+](=O)[O-])cc2s1. The molecule has 1 amide bonds. The number of hydrogen-bond donors (Lipinski definition) is 1. The van der Waals surface area contributed by atoms with Crippen molar-refractivity contribution in [2.45, 2.75) is 6.54 Å². The van der Waals surface area contributed by atoms with Crippen molar-refractivity contribution in [3.05, 3.63) is 64.8 Å². The number of aromatic nitrogens is 2. The lowest BCUT2D eigenvalue weighted by Crippen LogP contribution is -2.18. The molecule has 7 nitrogen and oxygen atoms in total. The van der Waals surface area contributed by atoms with Crippen LogP contribution in [0.25, 0.3) is 21.1 Å². The van der Waals surface area contributed by atoms with Crippen molar-refractivity contribution >= 4 is 49.2 Å². The van der Waals surface area contributed by atoms with Crippen LogP contribution in [0.3, 0.4) is 0 Å². The van der Waals surface area contributed by atoms with E-state index in [0.717, 1.165) is 10.9 Å². The second kappa shape index (κ2) is 5.99. The molecule has 0 radical (unpaired) electrons. The third kappa shape index (κ3) is 2.94. The first kappa shape index (κ1) is 15.3. The zero-order valence-electron chi connectivity index (χ0n) is 12.9.